The maximum Gasteiger partial charge on any atom is 0.410 e. The molecule has 2 amide bonds. The molecule has 0 spiro atoms. The Bertz CT molecular complexity index is 676. The quantitative estimate of drug-likeness (QED) is 0.652. The zero-order chi connectivity index (χ0) is 19.6. The van der Waals surface area contributed by atoms with E-state index in [2.05, 4.69) is 40.2 Å². The number of alkyl halides is 1. The van der Waals surface area contributed by atoms with Gasteiger partial charge in [0.05, 0.1) is 0 Å². The number of hydrogen-bond donors (Lipinski definition) is 0. The first kappa shape index (κ1) is 20.2. The van der Waals surface area contributed by atoms with Crippen molar-refractivity contribution in [3.63, 3.8) is 0 Å². The van der Waals surface area contributed by atoms with Crippen molar-refractivity contribution < 1.29 is 14.3 Å². The van der Waals surface area contributed by atoms with E-state index in [1.807, 2.05) is 25.7 Å². The van der Waals surface area contributed by atoms with Crippen LogP contribution in [0.1, 0.15) is 51.5 Å². The van der Waals surface area contributed by atoms with E-state index in [4.69, 9.17) is 4.74 Å². The molecule has 0 saturated carbocycles. The van der Waals surface area contributed by atoms with Gasteiger partial charge in [-0.15, -0.1) is 0 Å². The summed E-state index contributed by atoms with van der Waals surface area (Å²) in [5.41, 5.74) is 1.81. The van der Waals surface area contributed by atoms with E-state index < -0.39 is 5.60 Å². The number of benzene rings is 1. The van der Waals surface area contributed by atoms with Crippen LogP contribution in [0.15, 0.2) is 24.3 Å². The van der Waals surface area contributed by atoms with Gasteiger partial charge < -0.3 is 14.5 Å². The SMILES string of the molecule is CC(C)(C)OC(=O)N1CCC(c2ccc(N3CC(CBr)CC3=O)cc2)CC1. The van der Waals surface area contributed by atoms with E-state index in [9.17, 15) is 9.59 Å². The first-order valence-corrected chi connectivity index (χ1v) is 10.8. The van der Waals surface area contributed by atoms with Crippen molar-refractivity contribution in [2.24, 2.45) is 5.92 Å². The van der Waals surface area contributed by atoms with Crippen LogP contribution in [-0.4, -0.2) is 47.5 Å². The normalized spacial score (nSPS) is 21.6. The summed E-state index contributed by atoms with van der Waals surface area (Å²) >= 11 is 3.48. The van der Waals surface area contributed by atoms with Gasteiger partial charge in [-0.05, 0) is 63.1 Å². The number of ether oxygens (including phenoxy) is 1. The van der Waals surface area contributed by atoms with Crippen LogP contribution in [0.4, 0.5) is 10.5 Å². The maximum atomic E-state index is 12.2. The summed E-state index contributed by atoms with van der Waals surface area (Å²) in [5, 5.41) is 0.865. The standard InChI is InChI=1S/C21H29BrN2O3/c1-21(2,3)27-20(26)23-10-8-17(9-11-23)16-4-6-18(7-5-16)24-14-15(13-22)12-19(24)25/h4-7,15,17H,8-14H2,1-3H3. The summed E-state index contributed by atoms with van der Waals surface area (Å²) in [7, 11) is 0. The average Bonchev–Trinajstić information content (AvgIpc) is 3.01. The second-order valence-electron chi connectivity index (χ2n) is 8.56. The molecule has 1 unspecified atom stereocenters. The van der Waals surface area contributed by atoms with Gasteiger partial charge in [-0.2, -0.15) is 0 Å². The summed E-state index contributed by atoms with van der Waals surface area (Å²) < 4.78 is 5.46. The lowest BCUT2D eigenvalue weighted by Gasteiger charge is -2.33. The van der Waals surface area contributed by atoms with Crippen LogP contribution >= 0.6 is 15.9 Å². The van der Waals surface area contributed by atoms with E-state index >= 15 is 0 Å². The molecule has 6 heteroatoms. The molecule has 148 valence electrons. The molecule has 2 heterocycles. The lowest BCUT2D eigenvalue weighted by Crippen LogP contribution is -2.41. The minimum absolute atomic E-state index is 0.206. The lowest BCUT2D eigenvalue weighted by atomic mass is 9.89. The van der Waals surface area contributed by atoms with E-state index in [-0.39, 0.29) is 12.0 Å². The van der Waals surface area contributed by atoms with Crippen LogP contribution in [0, 0.1) is 5.92 Å². The monoisotopic (exact) mass is 436 g/mol. The molecule has 27 heavy (non-hydrogen) atoms. The fraction of sp³-hybridized carbons (Fsp3) is 0.619. The van der Waals surface area contributed by atoms with Crippen LogP contribution < -0.4 is 4.90 Å². The summed E-state index contributed by atoms with van der Waals surface area (Å²) in [6, 6.07) is 8.39. The Balaban J connectivity index is 1.56. The number of rotatable bonds is 3. The van der Waals surface area contributed by atoms with Crippen molar-refractivity contribution in [2.75, 3.05) is 29.9 Å². The molecule has 2 aliphatic heterocycles. The fourth-order valence-electron chi connectivity index (χ4n) is 3.78. The largest absolute Gasteiger partial charge is 0.444 e. The van der Waals surface area contributed by atoms with Gasteiger partial charge in [0, 0.05) is 37.1 Å². The number of likely N-dealkylation sites (tertiary alicyclic amines) is 1. The van der Waals surface area contributed by atoms with Crippen molar-refractivity contribution in [3.8, 4) is 0 Å². The Morgan fingerprint density at radius 1 is 1.19 bits per heavy atom. The first-order chi connectivity index (χ1) is 12.8. The third-order valence-corrected chi connectivity index (χ3v) is 6.16. The number of carbonyl (C=O) groups excluding carboxylic acids is 2. The Hall–Kier alpha value is -1.56. The van der Waals surface area contributed by atoms with E-state index in [1.54, 1.807) is 4.90 Å². The number of halogens is 1. The molecule has 0 aliphatic carbocycles. The van der Waals surface area contributed by atoms with Crippen LogP contribution in [0.3, 0.4) is 0 Å². The molecule has 1 aromatic rings. The molecule has 0 N–H and O–H groups in total. The summed E-state index contributed by atoms with van der Waals surface area (Å²) in [6.45, 7) is 7.91. The van der Waals surface area contributed by atoms with E-state index in [0.29, 0.717) is 18.3 Å². The first-order valence-electron chi connectivity index (χ1n) is 9.71. The van der Waals surface area contributed by atoms with Crippen molar-refractivity contribution >= 4 is 33.6 Å². The number of amides is 2. The molecular weight excluding hydrogens is 408 g/mol. The highest BCUT2D eigenvalue weighted by Gasteiger charge is 2.30. The molecule has 0 bridgehead atoms. The maximum absolute atomic E-state index is 12.2. The Morgan fingerprint density at radius 3 is 2.33 bits per heavy atom. The van der Waals surface area contributed by atoms with Crippen LogP contribution in [0.25, 0.3) is 0 Å². The zero-order valence-corrected chi connectivity index (χ0v) is 18.0. The molecule has 0 aromatic heterocycles. The van der Waals surface area contributed by atoms with Gasteiger partial charge in [-0.1, -0.05) is 28.1 Å². The van der Waals surface area contributed by atoms with Gasteiger partial charge in [-0.3, -0.25) is 4.79 Å². The Morgan fingerprint density at radius 2 is 1.81 bits per heavy atom. The van der Waals surface area contributed by atoms with E-state index in [1.165, 1.54) is 5.56 Å². The summed E-state index contributed by atoms with van der Waals surface area (Å²) in [6.07, 6.45) is 2.28. The molecule has 3 rings (SSSR count). The highest BCUT2D eigenvalue weighted by Crippen LogP contribution is 2.32. The van der Waals surface area contributed by atoms with Gasteiger partial charge >= 0.3 is 6.09 Å². The number of nitrogens with zero attached hydrogens (tertiary/aromatic N) is 2. The molecule has 5 nitrogen and oxygen atoms in total. The molecular formula is C21H29BrN2O3. The Kier molecular flexibility index (Phi) is 6.14. The number of carbonyl (C=O) groups is 2. The number of piperidine rings is 1. The number of anilines is 1. The second kappa shape index (κ2) is 8.21. The Labute approximate surface area is 170 Å². The molecule has 1 aromatic carbocycles. The van der Waals surface area contributed by atoms with Gasteiger partial charge in [0.15, 0.2) is 0 Å². The molecule has 2 fully saturated rings. The summed E-state index contributed by atoms with van der Waals surface area (Å²) in [4.78, 5) is 28.1. The van der Waals surface area contributed by atoms with Crippen LogP contribution in [0.5, 0.6) is 0 Å². The fourth-order valence-corrected chi connectivity index (χ4v) is 4.22. The minimum atomic E-state index is -0.454. The van der Waals surface area contributed by atoms with E-state index in [0.717, 1.165) is 43.5 Å². The van der Waals surface area contributed by atoms with Gasteiger partial charge in [0.25, 0.3) is 0 Å². The smallest absolute Gasteiger partial charge is 0.410 e. The zero-order valence-electron chi connectivity index (χ0n) is 16.4. The third kappa shape index (κ3) is 5.03. The van der Waals surface area contributed by atoms with Gasteiger partial charge in [0.1, 0.15) is 5.60 Å². The average molecular weight is 437 g/mol. The predicted molar refractivity (Wildman–Crippen MR) is 110 cm³/mol. The molecule has 2 saturated heterocycles. The number of hydrogen-bond acceptors (Lipinski definition) is 3. The van der Waals surface area contributed by atoms with Crippen molar-refractivity contribution in [1.29, 1.82) is 0 Å². The van der Waals surface area contributed by atoms with Crippen LogP contribution in [-0.2, 0) is 9.53 Å². The lowest BCUT2D eigenvalue weighted by molar-refractivity contribution is -0.117. The minimum Gasteiger partial charge on any atom is -0.444 e. The third-order valence-electron chi connectivity index (χ3n) is 5.25. The van der Waals surface area contributed by atoms with Crippen LogP contribution in [0.2, 0.25) is 0 Å². The van der Waals surface area contributed by atoms with Gasteiger partial charge in [0.2, 0.25) is 5.91 Å². The topological polar surface area (TPSA) is 49.9 Å². The molecule has 1 atom stereocenters. The van der Waals surface area contributed by atoms with Crippen molar-refractivity contribution in [2.45, 2.75) is 51.6 Å². The highest BCUT2D eigenvalue weighted by atomic mass is 79.9. The highest BCUT2D eigenvalue weighted by molar-refractivity contribution is 9.09. The predicted octanol–water partition coefficient (Wildman–Crippen LogP) is 4.55. The molecule has 0 radical (unpaired) electrons. The van der Waals surface area contributed by atoms with Crippen molar-refractivity contribution in [3.05, 3.63) is 29.8 Å². The van der Waals surface area contributed by atoms with Crippen molar-refractivity contribution in [1.82, 2.24) is 4.90 Å². The summed E-state index contributed by atoms with van der Waals surface area (Å²) in [5.74, 6) is 1.05. The molecule has 2 aliphatic rings. The van der Waals surface area contributed by atoms with Gasteiger partial charge in [-0.25, -0.2) is 4.79 Å². The second-order valence-corrected chi connectivity index (χ2v) is 9.21.